The maximum Gasteiger partial charge on any atom is 0.307 e. The molecule has 1 aliphatic carbocycles. The number of hydrogen-bond donors (Lipinski definition) is 2. The zero-order chi connectivity index (χ0) is 14.8. The number of rotatable bonds is 4. The molecule has 19 heavy (non-hydrogen) atoms. The molecular formula is C15H22O4. The quantitative estimate of drug-likeness (QED) is 0.766. The molecule has 0 amide bonds. The van der Waals surface area contributed by atoms with Gasteiger partial charge in [-0.05, 0) is 31.9 Å². The van der Waals surface area contributed by atoms with Gasteiger partial charge in [0.25, 0.3) is 0 Å². The Labute approximate surface area is 113 Å². The van der Waals surface area contributed by atoms with Crippen molar-refractivity contribution < 1.29 is 19.8 Å². The molecule has 0 unspecified atom stereocenters. The van der Waals surface area contributed by atoms with Crippen LogP contribution in [0.3, 0.4) is 0 Å². The highest BCUT2D eigenvalue weighted by Gasteiger charge is 2.47. The summed E-state index contributed by atoms with van der Waals surface area (Å²) in [5.74, 6) is -0.857. The van der Waals surface area contributed by atoms with Gasteiger partial charge in [-0.25, -0.2) is 0 Å². The lowest BCUT2D eigenvalue weighted by Crippen LogP contribution is -2.49. The van der Waals surface area contributed by atoms with Crippen LogP contribution in [0.4, 0.5) is 0 Å². The fourth-order valence-electron chi connectivity index (χ4n) is 2.60. The Balaban J connectivity index is 2.99. The van der Waals surface area contributed by atoms with Crippen LogP contribution in [0, 0.1) is 5.41 Å². The summed E-state index contributed by atoms with van der Waals surface area (Å²) >= 11 is 0. The maximum atomic E-state index is 11.6. The summed E-state index contributed by atoms with van der Waals surface area (Å²) < 4.78 is 0. The zero-order valence-electron chi connectivity index (χ0n) is 12.0. The van der Waals surface area contributed by atoms with E-state index >= 15 is 0 Å². The van der Waals surface area contributed by atoms with Gasteiger partial charge in [-0.3, -0.25) is 9.59 Å². The normalized spacial score (nSPS) is 27.1. The minimum atomic E-state index is -1.10. The molecular weight excluding hydrogens is 244 g/mol. The molecule has 0 aromatic heterocycles. The van der Waals surface area contributed by atoms with Crippen LogP contribution in [0.1, 0.15) is 47.0 Å². The van der Waals surface area contributed by atoms with Crippen LogP contribution < -0.4 is 0 Å². The molecule has 0 aromatic carbocycles. The van der Waals surface area contributed by atoms with Crippen LogP contribution in [0.15, 0.2) is 23.3 Å². The number of carboxylic acid groups (broad SMARTS) is 1. The highest BCUT2D eigenvalue weighted by atomic mass is 16.4. The molecule has 4 heteroatoms. The molecule has 0 heterocycles. The van der Waals surface area contributed by atoms with Gasteiger partial charge in [-0.2, -0.15) is 0 Å². The highest BCUT2D eigenvalue weighted by molar-refractivity contribution is 5.92. The molecule has 1 rings (SSSR count). The SMILES string of the molecule is CC1=CC(=O)CC(C)(C)[C@@]1(O)C/C=C(\C)CC(=O)O. The average molecular weight is 266 g/mol. The summed E-state index contributed by atoms with van der Waals surface area (Å²) in [5, 5.41) is 19.6. The Hall–Kier alpha value is -1.42. The van der Waals surface area contributed by atoms with Gasteiger partial charge >= 0.3 is 5.97 Å². The van der Waals surface area contributed by atoms with Crippen LogP contribution in [0.2, 0.25) is 0 Å². The van der Waals surface area contributed by atoms with Gasteiger partial charge in [0, 0.05) is 11.8 Å². The Morgan fingerprint density at radius 2 is 2.05 bits per heavy atom. The second-order valence-electron chi connectivity index (χ2n) is 6.04. The van der Waals surface area contributed by atoms with Gasteiger partial charge in [-0.1, -0.05) is 25.5 Å². The first-order valence-corrected chi connectivity index (χ1v) is 6.40. The van der Waals surface area contributed by atoms with Crippen molar-refractivity contribution in [1.82, 2.24) is 0 Å². The van der Waals surface area contributed by atoms with E-state index in [4.69, 9.17) is 5.11 Å². The molecule has 0 saturated heterocycles. The van der Waals surface area contributed by atoms with Gasteiger partial charge in [0.2, 0.25) is 0 Å². The number of allylic oxidation sites excluding steroid dienone is 1. The molecule has 0 spiro atoms. The topological polar surface area (TPSA) is 74.6 Å². The molecule has 0 bridgehead atoms. The fourth-order valence-corrected chi connectivity index (χ4v) is 2.60. The van der Waals surface area contributed by atoms with E-state index < -0.39 is 17.0 Å². The second kappa shape index (κ2) is 5.29. The maximum absolute atomic E-state index is 11.6. The van der Waals surface area contributed by atoms with Crippen molar-refractivity contribution in [1.29, 1.82) is 0 Å². The van der Waals surface area contributed by atoms with E-state index in [-0.39, 0.29) is 12.2 Å². The van der Waals surface area contributed by atoms with Crippen LogP contribution in [0.25, 0.3) is 0 Å². The minimum Gasteiger partial charge on any atom is -0.481 e. The lowest BCUT2D eigenvalue weighted by molar-refractivity contribution is -0.136. The van der Waals surface area contributed by atoms with Crippen molar-refractivity contribution in [3.63, 3.8) is 0 Å². The van der Waals surface area contributed by atoms with E-state index in [0.717, 1.165) is 0 Å². The third kappa shape index (κ3) is 3.32. The van der Waals surface area contributed by atoms with Gasteiger partial charge < -0.3 is 10.2 Å². The van der Waals surface area contributed by atoms with E-state index in [9.17, 15) is 14.7 Å². The van der Waals surface area contributed by atoms with Gasteiger partial charge in [0.05, 0.1) is 12.0 Å². The lowest BCUT2D eigenvalue weighted by Gasteiger charge is -2.45. The van der Waals surface area contributed by atoms with Crippen molar-refractivity contribution in [2.24, 2.45) is 5.41 Å². The summed E-state index contributed by atoms with van der Waals surface area (Å²) in [5.41, 5.74) is -0.293. The van der Waals surface area contributed by atoms with Gasteiger partial charge in [0.15, 0.2) is 5.78 Å². The summed E-state index contributed by atoms with van der Waals surface area (Å²) in [6.45, 7) is 7.21. The van der Waals surface area contributed by atoms with Crippen LogP contribution in [-0.2, 0) is 9.59 Å². The molecule has 0 fully saturated rings. The third-order valence-electron chi connectivity index (χ3n) is 3.94. The van der Waals surface area contributed by atoms with Crippen molar-refractivity contribution in [2.45, 2.75) is 52.6 Å². The Morgan fingerprint density at radius 3 is 2.53 bits per heavy atom. The van der Waals surface area contributed by atoms with Crippen LogP contribution in [-0.4, -0.2) is 27.6 Å². The number of aliphatic hydroxyl groups is 1. The van der Waals surface area contributed by atoms with Crippen molar-refractivity contribution in [3.8, 4) is 0 Å². The average Bonchev–Trinajstić information content (AvgIpc) is 2.21. The summed E-state index contributed by atoms with van der Waals surface area (Å²) in [4.78, 5) is 22.2. The second-order valence-corrected chi connectivity index (χ2v) is 6.04. The standard InChI is InChI=1S/C15H22O4/c1-10(7-13(17)18)5-6-15(19)11(2)8-12(16)9-14(15,3)4/h5,8,19H,6-7,9H2,1-4H3,(H,17,18)/b10-5+/t15-/m1/s1. The highest BCUT2D eigenvalue weighted by Crippen LogP contribution is 2.45. The molecule has 106 valence electrons. The number of hydrogen-bond acceptors (Lipinski definition) is 3. The number of aliphatic carboxylic acids is 1. The van der Waals surface area contributed by atoms with E-state index in [1.54, 1.807) is 19.9 Å². The lowest BCUT2D eigenvalue weighted by atomic mass is 9.63. The molecule has 0 aliphatic heterocycles. The van der Waals surface area contributed by atoms with E-state index in [0.29, 0.717) is 24.0 Å². The smallest absolute Gasteiger partial charge is 0.307 e. The largest absolute Gasteiger partial charge is 0.481 e. The van der Waals surface area contributed by atoms with Crippen LogP contribution >= 0.6 is 0 Å². The molecule has 4 nitrogen and oxygen atoms in total. The predicted octanol–water partition coefficient (Wildman–Crippen LogP) is 2.47. The summed E-state index contributed by atoms with van der Waals surface area (Å²) in [6, 6.07) is 0. The fraction of sp³-hybridized carbons (Fsp3) is 0.600. The molecule has 1 aliphatic rings. The number of carbonyl (C=O) groups excluding carboxylic acids is 1. The number of ketones is 1. The number of carboxylic acids is 1. The summed E-state index contributed by atoms with van der Waals surface area (Å²) in [7, 11) is 0. The van der Waals surface area contributed by atoms with Crippen molar-refractivity contribution in [3.05, 3.63) is 23.3 Å². The summed E-state index contributed by atoms with van der Waals surface area (Å²) in [6.07, 6.45) is 3.84. The van der Waals surface area contributed by atoms with Crippen LogP contribution in [0.5, 0.6) is 0 Å². The molecule has 0 radical (unpaired) electrons. The molecule has 0 aromatic rings. The third-order valence-corrected chi connectivity index (χ3v) is 3.94. The first-order valence-electron chi connectivity index (χ1n) is 6.40. The van der Waals surface area contributed by atoms with E-state index in [1.165, 1.54) is 6.08 Å². The minimum absolute atomic E-state index is 0.0263. The first kappa shape index (κ1) is 15.6. The molecule has 2 N–H and O–H groups in total. The molecule has 0 saturated carbocycles. The van der Waals surface area contributed by atoms with E-state index in [2.05, 4.69) is 0 Å². The van der Waals surface area contributed by atoms with E-state index in [1.807, 2.05) is 13.8 Å². The van der Waals surface area contributed by atoms with Crippen molar-refractivity contribution >= 4 is 11.8 Å². The monoisotopic (exact) mass is 266 g/mol. The van der Waals surface area contributed by atoms with Crippen molar-refractivity contribution in [2.75, 3.05) is 0 Å². The molecule has 1 atom stereocenters. The Kier molecular flexibility index (Phi) is 4.35. The Bertz CT molecular complexity index is 457. The number of carbonyl (C=O) groups is 2. The Morgan fingerprint density at radius 1 is 1.47 bits per heavy atom. The van der Waals surface area contributed by atoms with Gasteiger partial charge in [-0.15, -0.1) is 0 Å². The zero-order valence-corrected chi connectivity index (χ0v) is 12.0. The first-order chi connectivity index (χ1) is 8.58. The van der Waals surface area contributed by atoms with Gasteiger partial charge in [0.1, 0.15) is 0 Å². The predicted molar refractivity (Wildman–Crippen MR) is 72.7 cm³/mol.